The summed E-state index contributed by atoms with van der Waals surface area (Å²) < 4.78 is 52.7. The normalized spacial score (nSPS) is 22.8. The highest BCUT2D eigenvalue weighted by Crippen LogP contribution is 2.45. The number of ether oxygens (including phenoxy) is 2. The molecule has 2 aliphatic rings. The van der Waals surface area contributed by atoms with E-state index < -0.39 is 12.0 Å². The van der Waals surface area contributed by atoms with Gasteiger partial charge in [-0.25, -0.2) is 0 Å². The maximum atomic E-state index is 13.3. The third kappa shape index (κ3) is 5.29. The zero-order valence-electron chi connectivity index (χ0n) is 19.2. The summed E-state index contributed by atoms with van der Waals surface area (Å²) >= 11 is 0. The van der Waals surface area contributed by atoms with E-state index in [4.69, 9.17) is 9.47 Å². The number of halogens is 4. The van der Waals surface area contributed by atoms with Crippen LogP contribution in [-0.4, -0.2) is 57.5 Å². The molecule has 0 saturated carbocycles. The minimum Gasteiger partial charge on any atom is -0.496 e. The van der Waals surface area contributed by atoms with Gasteiger partial charge in [-0.15, -0.1) is 17.5 Å². The van der Waals surface area contributed by atoms with Crippen molar-refractivity contribution in [2.75, 3.05) is 26.8 Å². The number of aromatic nitrogens is 4. The third-order valence-electron chi connectivity index (χ3n) is 6.70. The number of nitrogens with zero attached hydrogens (tertiary/aromatic N) is 5. The molecule has 5 rings (SSSR count). The maximum absolute atomic E-state index is 13.3. The molecular formula is C24H27ClF3N5O2. The molecule has 0 radical (unpaired) electrons. The molecule has 35 heavy (non-hydrogen) atoms. The van der Waals surface area contributed by atoms with Gasteiger partial charge in [-0.2, -0.15) is 17.9 Å². The van der Waals surface area contributed by atoms with Crippen LogP contribution in [0.5, 0.6) is 5.75 Å². The molecule has 1 spiro atoms. The van der Waals surface area contributed by atoms with Crippen molar-refractivity contribution in [3.8, 4) is 11.4 Å². The SMILES string of the molecule is COc1ccc(-n2nnnc2C(F)(F)F)cc1[C@H]1CO[C@]2(CCCN(Cc3ccccc3)C2)C1.Cl. The van der Waals surface area contributed by atoms with Crippen LogP contribution >= 0.6 is 12.4 Å². The standard InChI is InChI=1S/C24H26F3N5O2.ClH/c1-33-21-9-8-19(32-22(24(25,26)27)28-29-30-32)12-20(21)18-13-23(34-15-18)10-5-11-31(16-23)14-17-6-3-2-4-7-17;/h2-4,6-9,12,18H,5,10-11,13-16H2,1H3;1H/t18-,23-;/m1./s1. The van der Waals surface area contributed by atoms with Gasteiger partial charge in [0.2, 0.25) is 0 Å². The molecule has 2 aromatic carbocycles. The molecule has 3 heterocycles. The highest BCUT2D eigenvalue weighted by Gasteiger charge is 2.45. The third-order valence-corrected chi connectivity index (χ3v) is 6.70. The lowest BCUT2D eigenvalue weighted by atomic mass is 9.83. The number of hydrogen-bond donors (Lipinski definition) is 0. The number of methoxy groups -OCH3 is 1. The van der Waals surface area contributed by atoms with E-state index in [1.807, 2.05) is 18.2 Å². The van der Waals surface area contributed by atoms with Crippen molar-refractivity contribution < 1.29 is 22.6 Å². The number of benzene rings is 2. The average molecular weight is 510 g/mol. The first kappa shape index (κ1) is 25.4. The molecule has 2 saturated heterocycles. The summed E-state index contributed by atoms with van der Waals surface area (Å²) in [6.07, 6.45) is -1.88. The smallest absolute Gasteiger partial charge is 0.453 e. The maximum Gasteiger partial charge on any atom is 0.453 e. The van der Waals surface area contributed by atoms with Crippen LogP contribution in [0, 0.1) is 0 Å². The molecule has 188 valence electrons. The summed E-state index contributed by atoms with van der Waals surface area (Å²) in [6.45, 7) is 3.20. The van der Waals surface area contributed by atoms with Crippen LogP contribution in [0.25, 0.3) is 5.69 Å². The Balaban J connectivity index is 0.00000289. The van der Waals surface area contributed by atoms with Crippen LogP contribution in [0.15, 0.2) is 48.5 Å². The van der Waals surface area contributed by atoms with E-state index in [0.717, 1.165) is 49.1 Å². The lowest BCUT2D eigenvalue weighted by Gasteiger charge is -2.40. The van der Waals surface area contributed by atoms with Crippen LogP contribution in [-0.2, 0) is 17.5 Å². The Kier molecular flexibility index (Phi) is 7.35. The molecular weight excluding hydrogens is 483 g/mol. The van der Waals surface area contributed by atoms with Gasteiger partial charge in [-0.3, -0.25) is 4.90 Å². The fourth-order valence-corrected chi connectivity index (χ4v) is 5.21. The summed E-state index contributed by atoms with van der Waals surface area (Å²) in [6, 6.07) is 15.2. The van der Waals surface area contributed by atoms with Crippen LogP contribution in [0.3, 0.4) is 0 Å². The molecule has 0 aliphatic carbocycles. The van der Waals surface area contributed by atoms with Gasteiger partial charge in [0.1, 0.15) is 5.75 Å². The minimum absolute atomic E-state index is 0. The number of tetrazole rings is 1. The van der Waals surface area contributed by atoms with Crippen molar-refractivity contribution in [1.29, 1.82) is 0 Å². The fraction of sp³-hybridized carbons (Fsp3) is 0.458. The zero-order chi connectivity index (χ0) is 23.8. The first-order valence-corrected chi connectivity index (χ1v) is 11.3. The zero-order valence-corrected chi connectivity index (χ0v) is 20.1. The van der Waals surface area contributed by atoms with E-state index in [1.54, 1.807) is 19.2 Å². The molecule has 7 nitrogen and oxygen atoms in total. The Labute approximate surface area is 207 Å². The number of likely N-dealkylation sites (tertiary alicyclic amines) is 1. The Morgan fingerprint density at radius 1 is 1.17 bits per heavy atom. The fourth-order valence-electron chi connectivity index (χ4n) is 5.21. The minimum atomic E-state index is -4.66. The van der Waals surface area contributed by atoms with Gasteiger partial charge >= 0.3 is 6.18 Å². The van der Waals surface area contributed by atoms with Crippen LogP contribution in [0.2, 0.25) is 0 Å². The Hall–Kier alpha value is -2.69. The molecule has 2 atom stereocenters. The average Bonchev–Trinajstić information content (AvgIpc) is 3.47. The summed E-state index contributed by atoms with van der Waals surface area (Å²) in [5.41, 5.74) is 2.04. The monoisotopic (exact) mass is 509 g/mol. The lowest BCUT2D eigenvalue weighted by molar-refractivity contribution is -0.146. The van der Waals surface area contributed by atoms with Crippen LogP contribution in [0.4, 0.5) is 13.2 Å². The number of rotatable bonds is 5. The van der Waals surface area contributed by atoms with E-state index >= 15 is 0 Å². The molecule has 2 fully saturated rings. The van der Waals surface area contributed by atoms with Crippen LogP contribution in [0.1, 0.15) is 42.1 Å². The van der Waals surface area contributed by atoms with Gasteiger partial charge in [-0.1, -0.05) is 30.3 Å². The molecule has 0 amide bonds. The van der Waals surface area contributed by atoms with Gasteiger partial charge in [0.25, 0.3) is 5.82 Å². The van der Waals surface area contributed by atoms with E-state index in [2.05, 4.69) is 32.6 Å². The topological polar surface area (TPSA) is 65.3 Å². The lowest BCUT2D eigenvalue weighted by Crippen LogP contribution is -2.47. The Morgan fingerprint density at radius 2 is 1.97 bits per heavy atom. The quantitative estimate of drug-likeness (QED) is 0.499. The highest BCUT2D eigenvalue weighted by molar-refractivity contribution is 5.85. The predicted octanol–water partition coefficient (Wildman–Crippen LogP) is 4.65. The number of piperidine rings is 1. The number of hydrogen-bond acceptors (Lipinski definition) is 6. The largest absolute Gasteiger partial charge is 0.496 e. The van der Waals surface area contributed by atoms with Crippen molar-refractivity contribution in [3.05, 3.63) is 65.5 Å². The van der Waals surface area contributed by atoms with Crippen molar-refractivity contribution in [1.82, 2.24) is 25.1 Å². The molecule has 11 heteroatoms. The van der Waals surface area contributed by atoms with Crippen molar-refractivity contribution in [2.24, 2.45) is 0 Å². The van der Waals surface area contributed by atoms with E-state index in [9.17, 15) is 13.2 Å². The summed E-state index contributed by atoms with van der Waals surface area (Å²) in [5, 5.41) is 9.95. The van der Waals surface area contributed by atoms with Gasteiger partial charge in [0.05, 0.1) is 25.0 Å². The van der Waals surface area contributed by atoms with Gasteiger partial charge in [-0.05, 0) is 60.0 Å². The molecule has 0 bridgehead atoms. The van der Waals surface area contributed by atoms with Gasteiger partial charge in [0.15, 0.2) is 0 Å². The van der Waals surface area contributed by atoms with Crippen molar-refractivity contribution in [3.63, 3.8) is 0 Å². The summed E-state index contributed by atoms with van der Waals surface area (Å²) in [7, 11) is 1.56. The molecule has 3 aromatic rings. The van der Waals surface area contributed by atoms with E-state index in [0.29, 0.717) is 12.4 Å². The molecule has 2 aliphatic heterocycles. The molecule has 0 unspecified atom stereocenters. The van der Waals surface area contributed by atoms with Crippen molar-refractivity contribution in [2.45, 2.75) is 43.5 Å². The van der Waals surface area contributed by atoms with Gasteiger partial charge < -0.3 is 9.47 Å². The predicted molar refractivity (Wildman–Crippen MR) is 125 cm³/mol. The van der Waals surface area contributed by atoms with E-state index in [-0.39, 0.29) is 29.6 Å². The second kappa shape index (κ2) is 10.1. The van der Waals surface area contributed by atoms with Crippen molar-refractivity contribution >= 4 is 12.4 Å². The van der Waals surface area contributed by atoms with Crippen LogP contribution < -0.4 is 4.74 Å². The highest BCUT2D eigenvalue weighted by atomic mass is 35.5. The van der Waals surface area contributed by atoms with Gasteiger partial charge in [0, 0.05) is 24.6 Å². The molecule has 0 N–H and O–H groups in total. The first-order valence-electron chi connectivity index (χ1n) is 11.3. The second-order valence-electron chi connectivity index (χ2n) is 9.03. The summed E-state index contributed by atoms with van der Waals surface area (Å²) in [5.74, 6) is -0.544. The number of alkyl halides is 3. The summed E-state index contributed by atoms with van der Waals surface area (Å²) in [4.78, 5) is 2.42. The molecule has 1 aromatic heterocycles. The Bertz CT molecular complexity index is 1140. The Morgan fingerprint density at radius 3 is 2.71 bits per heavy atom. The second-order valence-corrected chi connectivity index (χ2v) is 9.03. The first-order chi connectivity index (χ1) is 16.4. The van der Waals surface area contributed by atoms with E-state index in [1.165, 1.54) is 11.6 Å².